The second-order valence-corrected chi connectivity index (χ2v) is 8.83. The van der Waals surface area contributed by atoms with Crippen molar-refractivity contribution in [1.82, 2.24) is 30.2 Å². The lowest BCUT2D eigenvalue weighted by Gasteiger charge is -2.18. The Labute approximate surface area is 203 Å². The van der Waals surface area contributed by atoms with Crippen molar-refractivity contribution in [3.63, 3.8) is 0 Å². The van der Waals surface area contributed by atoms with E-state index in [4.69, 9.17) is 23.2 Å². The maximum atomic E-state index is 6.07. The highest BCUT2D eigenvalue weighted by Gasteiger charge is 2.05. The predicted molar refractivity (Wildman–Crippen MR) is 135 cm³/mol. The highest BCUT2D eigenvalue weighted by Crippen LogP contribution is 2.24. The Morgan fingerprint density at radius 3 is 2.61 bits per heavy atom. The van der Waals surface area contributed by atoms with Crippen LogP contribution in [0.1, 0.15) is 11.3 Å². The Morgan fingerprint density at radius 2 is 1.76 bits per heavy atom. The Morgan fingerprint density at radius 1 is 0.970 bits per heavy atom. The molecule has 2 N–H and O–H groups in total. The molecule has 0 unspecified atom stereocenters. The molecule has 0 amide bonds. The summed E-state index contributed by atoms with van der Waals surface area (Å²) in [5.41, 5.74) is 4.04. The summed E-state index contributed by atoms with van der Waals surface area (Å²) in [5.74, 6) is 0. The fourth-order valence-corrected chi connectivity index (χ4v) is 3.82. The van der Waals surface area contributed by atoms with Gasteiger partial charge < -0.3 is 15.5 Å². The van der Waals surface area contributed by atoms with E-state index in [-0.39, 0.29) is 0 Å². The summed E-state index contributed by atoms with van der Waals surface area (Å²) < 4.78 is 1.84. The molecule has 0 fully saturated rings. The molecule has 0 aliphatic heterocycles. The second-order valence-electron chi connectivity index (χ2n) is 7.96. The average Bonchev–Trinajstić information content (AvgIpc) is 3.25. The zero-order valence-electron chi connectivity index (χ0n) is 18.5. The third-order valence-corrected chi connectivity index (χ3v) is 5.82. The van der Waals surface area contributed by atoms with Gasteiger partial charge in [-0.15, -0.1) is 5.10 Å². The molecular formula is C24H27Cl2N7. The molecule has 9 heteroatoms. The van der Waals surface area contributed by atoms with Crippen molar-refractivity contribution in [2.75, 3.05) is 38.5 Å². The van der Waals surface area contributed by atoms with E-state index in [0.29, 0.717) is 18.1 Å². The number of anilines is 1. The van der Waals surface area contributed by atoms with Crippen LogP contribution in [0.5, 0.6) is 0 Å². The number of fused-ring (bicyclic) bond motifs is 1. The van der Waals surface area contributed by atoms with Gasteiger partial charge in [-0.25, -0.2) is 4.68 Å². The van der Waals surface area contributed by atoms with Crippen molar-refractivity contribution in [3.05, 3.63) is 82.2 Å². The normalized spacial score (nSPS) is 11.4. The molecule has 0 saturated heterocycles. The standard InChI is InChI=1S/C24H27Cl2N7/c1-32(13-11-29-23-8-9-28-24-14-20(26)6-7-22(23)24)12-10-27-15-21-17-33(31-30-21)16-18-2-4-19(25)5-3-18/h2-9,14,17,27H,10-13,15-16H2,1H3,(H,28,29). The molecule has 0 radical (unpaired) electrons. The van der Waals surface area contributed by atoms with E-state index in [1.807, 2.05) is 59.4 Å². The zero-order valence-corrected chi connectivity index (χ0v) is 20.0. The van der Waals surface area contributed by atoms with Crippen LogP contribution in [-0.2, 0) is 13.1 Å². The summed E-state index contributed by atoms with van der Waals surface area (Å²) in [4.78, 5) is 6.68. The molecule has 0 aliphatic rings. The molecule has 172 valence electrons. The molecule has 4 aromatic rings. The summed E-state index contributed by atoms with van der Waals surface area (Å²) in [6.45, 7) is 4.95. The Kier molecular flexibility index (Phi) is 8.12. The summed E-state index contributed by atoms with van der Waals surface area (Å²) in [6.07, 6.45) is 3.78. The molecule has 2 aromatic heterocycles. The molecule has 0 spiro atoms. The monoisotopic (exact) mass is 483 g/mol. The molecule has 33 heavy (non-hydrogen) atoms. The summed E-state index contributed by atoms with van der Waals surface area (Å²) >= 11 is 12.0. The number of pyridine rings is 1. The van der Waals surface area contributed by atoms with Crippen LogP contribution in [-0.4, -0.2) is 58.1 Å². The van der Waals surface area contributed by atoms with E-state index in [0.717, 1.165) is 59.0 Å². The van der Waals surface area contributed by atoms with E-state index in [2.05, 4.69) is 37.9 Å². The lowest BCUT2D eigenvalue weighted by Crippen LogP contribution is -2.32. The number of benzene rings is 2. The molecular weight excluding hydrogens is 457 g/mol. The molecule has 0 bridgehead atoms. The fraction of sp³-hybridized carbons (Fsp3) is 0.292. The first-order valence-corrected chi connectivity index (χ1v) is 11.6. The van der Waals surface area contributed by atoms with Crippen molar-refractivity contribution in [2.45, 2.75) is 13.1 Å². The van der Waals surface area contributed by atoms with Crippen LogP contribution in [0.2, 0.25) is 10.0 Å². The minimum atomic E-state index is 0.680. The number of halogens is 2. The van der Waals surface area contributed by atoms with Crippen LogP contribution in [0.3, 0.4) is 0 Å². The van der Waals surface area contributed by atoms with Gasteiger partial charge in [-0.05, 0) is 49.0 Å². The van der Waals surface area contributed by atoms with Gasteiger partial charge in [-0.3, -0.25) is 4.98 Å². The summed E-state index contributed by atoms with van der Waals surface area (Å²) in [7, 11) is 2.12. The third kappa shape index (κ3) is 6.88. The Hall–Kier alpha value is -2.71. The van der Waals surface area contributed by atoms with Gasteiger partial charge in [0.05, 0.1) is 24.0 Å². The first-order chi connectivity index (χ1) is 16.1. The van der Waals surface area contributed by atoms with Crippen molar-refractivity contribution in [2.24, 2.45) is 0 Å². The number of hydrogen-bond acceptors (Lipinski definition) is 6. The highest BCUT2D eigenvalue weighted by molar-refractivity contribution is 6.31. The molecule has 7 nitrogen and oxygen atoms in total. The van der Waals surface area contributed by atoms with Crippen LogP contribution < -0.4 is 10.6 Å². The first kappa shape index (κ1) is 23.4. The van der Waals surface area contributed by atoms with Gasteiger partial charge in [0.2, 0.25) is 0 Å². The maximum absolute atomic E-state index is 6.07. The van der Waals surface area contributed by atoms with Crippen LogP contribution in [0.15, 0.2) is 60.9 Å². The van der Waals surface area contributed by atoms with Crippen molar-refractivity contribution in [1.29, 1.82) is 0 Å². The highest BCUT2D eigenvalue weighted by atomic mass is 35.5. The Balaban J connectivity index is 1.14. The summed E-state index contributed by atoms with van der Waals surface area (Å²) in [5, 5.41) is 17.9. The number of rotatable bonds is 11. The maximum Gasteiger partial charge on any atom is 0.0964 e. The van der Waals surface area contributed by atoms with E-state index in [1.165, 1.54) is 0 Å². The van der Waals surface area contributed by atoms with Gasteiger partial charge in [-0.1, -0.05) is 40.5 Å². The Bertz CT molecular complexity index is 1180. The van der Waals surface area contributed by atoms with E-state index < -0.39 is 0 Å². The summed E-state index contributed by atoms with van der Waals surface area (Å²) in [6, 6.07) is 15.6. The number of likely N-dealkylation sites (N-methyl/N-ethyl adjacent to an activating group) is 1. The van der Waals surface area contributed by atoms with Gasteiger partial charge in [0, 0.05) is 60.0 Å². The van der Waals surface area contributed by atoms with Gasteiger partial charge in [0.15, 0.2) is 0 Å². The van der Waals surface area contributed by atoms with Crippen molar-refractivity contribution >= 4 is 39.8 Å². The lowest BCUT2D eigenvalue weighted by molar-refractivity contribution is 0.343. The molecule has 2 heterocycles. The number of aromatic nitrogens is 4. The predicted octanol–water partition coefficient (Wildman–Crippen LogP) is 4.31. The van der Waals surface area contributed by atoms with Gasteiger partial charge >= 0.3 is 0 Å². The minimum absolute atomic E-state index is 0.680. The van der Waals surface area contributed by atoms with E-state index >= 15 is 0 Å². The average molecular weight is 484 g/mol. The zero-order chi connectivity index (χ0) is 23.0. The van der Waals surface area contributed by atoms with Crippen LogP contribution in [0.4, 0.5) is 5.69 Å². The largest absolute Gasteiger partial charge is 0.383 e. The SMILES string of the molecule is CN(CCNCc1cn(Cc2ccc(Cl)cc2)nn1)CCNc1ccnc2cc(Cl)ccc12. The smallest absolute Gasteiger partial charge is 0.0964 e. The number of hydrogen-bond donors (Lipinski definition) is 2. The molecule has 0 atom stereocenters. The quantitative estimate of drug-likeness (QED) is 0.309. The second kappa shape index (κ2) is 11.4. The number of nitrogens with one attached hydrogen (secondary N) is 2. The van der Waals surface area contributed by atoms with Crippen LogP contribution in [0, 0.1) is 0 Å². The van der Waals surface area contributed by atoms with Crippen molar-refractivity contribution in [3.8, 4) is 0 Å². The van der Waals surface area contributed by atoms with Crippen LogP contribution in [0.25, 0.3) is 10.9 Å². The van der Waals surface area contributed by atoms with Gasteiger partial charge in [0.25, 0.3) is 0 Å². The lowest BCUT2D eigenvalue weighted by atomic mass is 10.2. The van der Waals surface area contributed by atoms with E-state index in [9.17, 15) is 0 Å². The molecule has 0 aliphatic carbocycles. The minimum Gasteiger partial charge on any atom is -0.383 e. The molecule has 2 aromatic carbocycles. The van der Waals surface area contributed by atoms with Gasteiger partial charge in [0.1, 0.15) is 0 Å². The van der Waals surface area contributed by atoms with Crippen LogP contribution >= 0.6 is 23.2 Å². The third-order valence-electron chi connectivity index (χ3n) is 5.33. The fourth-order valence-electron chi connectivity index (χ4n) is 3.53. The molecule has 4 rings (SSSR count). The van der Waals surface area contributed by atoms with E-state index in [1.54, 1.807) is 6.20 Å². The topological polar surface area (TPSA) is 70.9 Å². The first-order valence-electron chi connectivity index (χ1n) is 10.9. The molecule has 0 saturated carbocycles. The number of nitrogens with zero attached hydrogens (tertiary/aromatic N) is 5. The van der Waals surface area contributed by atoms with Crippen molar-refractivity contribution < 1.29 is 0 Å². The van der Waals surface area contributed by atoms with Gasteiger partial charge in [-0.2, -0.15) is 0 Å².